The van der Waals surface area contributed by atoms with E-state index in [4.69, 9.17) is 28.0 Å². The van der Waals surface area contributed by atoms with Crippen LogP contribution in [0.4, 0.5) is 0 Å². The molecule has 34 heavy (non-hydrogen) atoms. The minimum Gasteiger partial charge on any atom is -0.480 e. The largest absolute Gasteiger partial charge is 0.480 e. The summed E-state index contributed by atoms with van der Waals surface area (Å²) in [5.41, 5.74) is 21.7. The van der Waals surface area contributed by atoms with E-state index in [0.29, 0.717) is 25.8 Å². The number of carbonyl (C=O) groups excluding carboxylic acids is 3. The van der Waals surface area contributed by atoms with Crippen molar-refractivity contribution in [2.24, 2.45) is 27.9 Å². The van der Waals surface area contributed by atoms with Crippen molar-refractivity contribution in [3.63, 3.8) is 0 Å². The van der Waals surface area contributed by atoms with Crippen LogP contribution < -0.4 is 38.9 Å². The molecule has 196 valence electrons. The number of nitrogens with one attached hydrogen (secondary N) is 3. The monoisotopic (exact) mass is 506 g/mol. The van der Waals surface area contributed by atoms with Crippen LogP contribution in [0.25, 0.3) is 0 Å². The van der Waals surface area contributed by atoms with Crippen LogP contribution in [0.15, 0.2) is 4.99 Å². The van der Waals surface area contributed by atoms with Gasteiger partial charge in [0.25, 0.3) is 0 Å². The van der Waals surface area contributed by atoms with Gasteiger partial charge in [-0.15, -0.1) is 0 Å². The lowest BCUT2D eigenvalue weighted by atomic mass is 10.0. The number of amides is 3. The number of carbonyl (C=O) groups is 4. The molecular weight excluding hydrogens is 468 g/mol. The topological polar surface area (TPSA) is 261 Å². The number of hydrogen-bond donors (Lipinski definition) is 10. The van der Waals surface area contributed by atoms with Crippen LogP contribution in [-0.4, -0.2) is 89.0 Å². The third-order valence-electron chi connectivity index (χ3n) is 4.78. The number of aliphatic imine (C=N–C) groups is 1. The highest BCUT2D eigenvalue weighted by Gasteiger charge is 2.30. The molecule has 0 aromatic heterocycles. The molecule has 0 radical (unpaired) electrons. The molecule has 0 rings (SSSR count). The summed E-state index contributed by atoms with van der Waals surface area (Å²) >= 11 is 3.91. The van der Waals surface area contributed by atoms with Crippen LogP contribution in [0.5, 0.6) is 0 Å². The highest BCUT2D eigenvalue weighted by molar-refractivity contribution is 7.80. The molecule has 0 aromatic rings. The predicted molar refractivity (Wildman–Crippen MR) is 130 cm³/mol. The Morgan fingerprint density at radius 1 is 0.912 bits per heavy atom. The molecule has 5 atom stereocenters. The Bertz CT molecular complexity index is 704. The average Bonchev–Trinajstić information content (AvgIpc) is 2.77. The van der Waals surface area contributed by atoms with Crippen LogP contribution in [0.3, 0.4) is 0 Å². The average molecular weight is 507 g/mol. The first-order valence-corrected chi connectivity index (χ1v) is 11.5. The van der Waals surface area contributed by atoms with Gasteiger partial charge < -0.3 is 49.1 Å². The van der Waals surface area contributed by atoms with Crippen LogP contribution in [-0.2, 0) is 19.2 Å². The van der Waals surface area contributed by atoms with Crippen molar-refractivity contribution in [1.82, 2.24) is 16.0 Å². The van der Waals surface area contributed by atoms with Gasteiger partial charge in [0.1, 0.15) is 24.2 Å². The first-order valence-electron chi connectivity index (χ1n) is 10.9. The lowest BCUT2D eigenvalue weighted by Gasteiger charge is -2.25. The van der Waals surface area contributed by atoms with Crippen molar-refractivity contribution in [1.29, 1.82) is 0 Å². The quantitative estimate of drug-likeness (QED) is 0.0400. The number of thiol groups is 1. The van der Waals surface area contributed by atoms with E-state index in [1.165, 1.54) is 6.92 Å². The molecule has 0 spiro atoms. The fourth-order valence-electron chi connectivity index (χ4n) is 2.75. The summed E-state index contributed by atoms with van der Waals surface area (Å²) < 4.78 is 0. The van der Waals surface area contributed by atoms with Gasteiger partial charge in [-0.05, 0) is 45.6 Å². The molecule has 0 saturated carbocycles. The molecule has 0 aliphatic rings. The zero-order valence-electron chi connectivity index (χ0n) is 19.3. The normalized spacial score (nSPS) is 15.2. The van der Waals surface area contributed by atoms with Gasteiger partial charge in [-0.1, -0.05) is 0 Å². The first kappa shape index (κ1) is 31.4. The Morgan fingerprint density at radius 3 is 1.85 bits per heavy atom. The molecule has 0 aliphatic heterocycles. The Morgan fingerprint density at radius 2 is 1.41 bits per heavy atom. The van der Waals surface area contributed by atoms with Crippen molar-refractivity contribution < 1.29 is 29.4 Å². The van der Waals surface area contributed by atoms with E-state index in [-0.39, 0.29) is 31.1 Å². The van der Waals surface area contributed by atoms with E-state index in [1.54, 1.807) is 0 Å². The number of carboxylic acid groups (broad SMARTS) is 1. The predicted octanol–water partition coefficient (Wildman–Crippen LogP) is -3.65. The van der Waals surface area contributed by atoms with Crippen LogP contribution in [0, 0.1) is 0 Å². The summed E-state index contributed by atoms with van der Waals surface area (Å²) in [6, 6.07) is -4.72. The summed E-state index contributed by atoms with van der Waals surface area (Å²) in [6.07, 6.45) is 0.514. The highest BCUT2D eigenvalue weighted by atomic mass is 32.1. The van der Waals surface area contributed by atoms with Gasteiger partial charge in [0.2, 0.25) is 17.7 Å². The summed E-state index contributed by atoms with van der Waals surface area (Å²) in [4.78, 5) is 53.0. The standard InChI is InChI=1S/C19H38N8O6S/c1-10(28)14(21)17(31)26-12(6-4-8-24-19(22)23)15(29)25-11(5-2-3-7-20)16(30)27-13(9-34)18(32)33/h10-14,28,34H,2-9,20-21H2,1H3,(H,25,29)(H,26,31)(H,27,30)(H,32,33)(H4,22,23,24). The number of aliphatic carboxylic acids is 1. The van der Waals surface area contributed by atoms with Crippen molar-refractivity contribution in [2.75, 3.05) is 18.8 Å². The maximum atomic E-state index is 13.0. The van der Waals surface area contributed by atoms with Gasteiger partial charge in [0, 0.05) is 12.3 Å². The lowest BCUT2D eigenvalue weighted by molar-refractivity contribution is -0.141. The van der Waals surface area contributed by atoms with Crippen LogP contribution in [0.1, 0.15) is 39.0 Å². The van der Waals surface area contributed by atoms with Gasteiger partial charge >= 0.3 is 5.97 Å². The van der Waals surface area contributed by atoms with Crippen molar-refractivity contribution in [3.8, 4) is 0 Å². The second-order valence-corrected chi connectivity index (χ2v) is 8.07. The second kappa shape index (κ2) is 16.9. The molecule has 0 fully saturated rings. The number of carboxylic acids is 1. The Balaban J connectivity index is 5.52. The fraction of sp³-hybridized carbons (Fsp3) is 0.737. The molecule has 3 amide bonds. The maximum Gasteiger partial charge on any atom is 0.327 e. The summed E-state index contributed by atoms with van der Waals surface area (Å²) in [5.74, 6) is -3.71. The van der Waals surface area contributed by atoms with Crippen molar-refractivity contribution in [2.45, 2.75) is 69.3 Å². The number of guanidine groups is 1. The third kappa shape index (κ3) is 12.6. The number of aliphatic hydroxyl groups is 1. The lowest BCUT2D eigenvalue weighted by Crippen LogP contribution is -2.58. The molecule has 0 aliphatic carbocycles. The summed E-state index contributed by atoms with van der Waals surface area (Å²) in [6.45, 7) is 1.89. The number of rotatable bonds is 17. The van der Waals surface area contributed by atoms with Crippen molar-refractivity contribution >= 4 is 42.3 Å². The Labute approximate surface area is 204 Å². The second-order valence-electron chi connectivity index (χ2n) is 7.70. The van der Waals surface area contributed by atoms with Crippen molar-refractivity contribution in [3.05, 3.63) is 0 Å². The summed E-state index contributed by atoms with van der Waals surface area (Å²) in [5, 5.41) is 26.1. The van der Waals surface area contributed by atoms with E-state index in [2.05, 4.69) is 33.6 Å². The molecular formula is C19H38N8O6S. The van der Waals surface area contributed by atoms with Crippen LogP contribution >= 0.6 is 12.6 Å². The van der Waals surface area contributed by atoms with Gasteiger partial charge in [0.15, 0.2) is 5.96 Å². The number of hydrogen-bond acceptors (Lipinski definition) is 9. The smallest absolute Gasteiger partial charge is 0.327 e. The van der Waals surface area contributed by atoms with E-state index in [1.807, 2.05) is 0 Å². The fourth-order valence-corrected chi connectivity index (χ4v) is 3.00. The zero-order valence-corrected chi connectivity index (χ0v) is 20.2. The highest BCUT2D eigenvalue weighted by Crippen LogP contribution is 2.06. The molecule has 13 N–H and O–H groups in total. The minimum absolute atomic E-state index is 0.104. The number of nitrogens with zero attached hydrogens (tertiary/aromatic N) is 1. The Kier molecular flexibility index (Phi) is 15.6. The third-order valence-corrected chi connectivity index (χ3v) is 5.14. The van der Waals surface area contributed by atoms with Gasteiger partial charge in [0.05, 0.1) is 6.10 Å². The number of nitrogens with two attached hydrogens (primary N) is 4. The zero-order chi connectivity index (χ0) is 26.3. The minimum atomic E-state index is -1.27. The van der Waals surface area contributed by atoms with Gasteiger partial charge in [-0.3, -0.25) is 19.4 Å². The van der Waals surface area contributed by atoms with E-state index < -0.39 is 54.0 Å². The molecule has 14 nitrogen and oxygen atoms in total. The van der Waals surface area contributed by atoms with Crippen LogP contribution in [0.2, 0.25) is 0 Å². The molecule has 0 heterocycles. The Hall–Kier alpha value is -2.62. The molecule has 15 heteroatoms. The van der Waals surface area contributed by atoms with Gasteiger partial charge in [-0.2, -0.15) is 12.6 Å². The summed E-state index contributed by atoms with van der Waals surface area (Å²) in [7, 11) is 0. The number of unbranched alkanes of at least 4 members (excludes halogenated alkanes) is 1. The molecule has 5 unspecified atom stereocenters. The first-order chi connectivity index (χ1) is 15.9. The maximum absolute atomic E-state index is 13.0. The van der Waals surface area contributed by atoms with E-state index in [9.17, 15) is 24.3 Å². The molecule has 0 saturated heterocycles. The van der Waals surface area contributed by atoms with E-state index in [0.717, 1.165) is 0 Å². The SMILES string of the molecule is CC(O)C(N)C(=O)NC(CCCN=C(N)N)C(=O)NC(CCCCN)C(=O)NC(CS)C(=O)O. The van der Waals surface area contributed by atoms with E-state index >= 15 is 0 Å². The van der Waals surface area contributed by atoms with Gasteiger partial charge in [-0.25, -0.2) is 4.79 Å². The molecule has 0 aromatic carbocycles. The molecule has 0 bridgehead atoms. The number of aliphatic hydroxyl groups excluding tert-OH is 1.